The third-order valence-electron chi connectivity index (χ3n) is 4.43. The second-order valence-corrected chi connectivity index (χ2v) is 5.49. The van der Waals surface area contributed by atoms with Gasteiger partial charge in [0.05, 0.1) is 7.11 Å². The average Bonchev–Trinajstić information content (AvgIpc) is 2.47. The standard InChI is InChI=1S/C17H17NO2/c1-20-17-14(19)9-11-6-7-18-13-8-10-4-2-3-5-12(10)16(17)15(11)13/h2-5,9,13,18-19H,6-8H2,1H3/t13-/m0/s1. The number of nitrogens with one attached hydrogen (secondary N) is 1. The molecule has 1 atom stereocenters. The Labute approximate surface area is 118 Å². The van der Waals surface area contributed by atoms with Crippen molar-refractivity contribution in [3.05, 3.63) is 47.0 Å². The van der Waals surface area contributed by atoms with E-state index in [1.807, 2.05) is 12.1 Å². The summed E-state index contributed by atoms with van der Waals surface area (Å²) in [5, 5.41) is 13.9. The summed E-state index contributed by atoms with van der Waals surface area (Å²) in [5.41, 5.74) is 6.13. The number of phenolic OH excluding ortho intramolecular Hbond substituents is 1. The van der Waals surface area contributed by atoms with E-state index in [0.717, 1.165) is 24.9 Å². The molecule has 4 rings (SSSR count). The number of phenols is 1. The number of aromatic hydroxyl groups is 1. The van der Waals surface area contributed by atoms with Crippen molar-refractivity contribution in [3.8, 4) is 22.6 Å². The van der Waals surface area contributed by atoms with Crippen LogP contribution in [0.5, 0.6) is 11.5 Å². The van der Waals surface area contributed by atoms with E-state index in [0.29, 0.717) is 11.8 Å². The number of ether oxygens (including phenoxy) is 1. The molecular weight excluding hydrogens is 250 g/mol. The van der Waals surface area contributed by atoms with Crippen LogP contribution in [-0.4, -0.2) is 18.8 Å². The number of fused-ring (bicyclic) bond motifs is 2. The molecule has 0 saturated heterocycles. The van der Waals surface area contributed by atoms with Crippen molar-refractivity contribution in [3.63, 3.8) is 0 Å². The van der Waals surface area contributed by atoms with Gasteiger partial charge in [0.15, 0.2) is 11.5 Å². The van der Waals surface area contributed by atoms with Crippen LogP contribution in [0.15, 0.2) is 30.3 Å². The van der Waals surface area contributed by atoms with Crippen molar-refractivity contribution in [2.45, 2.75) is 18.9 Å². The Morgan fingerprint density at radius 3 is 2.95 bits per heavy atom. The maximum atomic E-state index is 10.3. The van der Waals surface area contributed by atoms with Gasteiger partial charge >= 0.3 is 0 Å². The van der Waals surface area contributed by atoms with Gasteiger partial charge in [-0.25, -0.2) is 0 Å². The first-order valence-corrected chi connectivity index (χ1v) is 7.04. The molecule has 102 valence electrons. The lowest BCUT2D eigenvalue weighted by Crippen LogP contribution is -2.33. The van der Waals surface area contributed by atoms with E-state index >= 15 is 0 Å². The molecule has 2 N–H and O–H groups in total. The van der Waals surface area contributed by atoms with E-state index in [-0.39, 0.29) is 5.75 Å². The lowest BCUT2D eigenvalue weighted by Gasteiger charge is -2.35. The predicted molar refractivity (Wildman–Crippen MR) is 78.2 cm³/mol. The van der Waals surface area contributed by atoms with Crippen molar-refractivity contribution in [2.24, 2.45) is 0 Å². The maximum Gasteiger partial charge on any atom is 0.168 e. The van der Waals surface area contributed by atoms with E-state index in [4.69, 9.17) is 4.74 Å². The minimum atomic E-state index is 0.249. The third kappa shape index (κ3) is 1.50. The summed E-state index contributed by atoms with van der Waals surface area (Å²) in [6, 6.07) is 10.6. The van der Waals surface area contributed by atoms with Crippen LogP contribution >= 0.6 is 0 Å². The summed E-state index contributed by atoms with van der Waals surface area (Å²) in [6.45, 7) is 0.963. The SMILES string of the molecule is COc1c(O)cc2c3c1-c1ccccc1C[C@@H]3NCC2. The highest BCUT2D eigenvalue weighted by Crippen LogP contribution is 2.50. The van der Waals surface area contributed by atoms with Crippen molar-refractivity contribution in [2.75, 3.05) is 13.7 Å². The molecule has 2 aliphatic rings. The average molecular weight is 267 g/mol. The zero-order valence-electron chi connectivity index (χ0n) is 11.4. The van der Waals surface area contributed by atoms with E-state index in [2.05, 4.69) is 23.5 Å². The number of hydrogen-bond acceptors (Lipinski definition) is 3. The van der Waals surface area contributed by atoms with Gasteiger partial charge in [-0.15, -0.1) is 0 Å². The molecule has 1 heterocycles. The zero-order valence-corrected chi connectivity index (χ0v) is 11.4. The van der Waals surface area contributed by atoms with E-state index in [1.54, 1.807) is 7.11 Å². The van der Waals surface area contributed by atoms with Gasteiger partial charge in [-0.1, -0.05) is 24.3 Å². The fourth-order valence-corrected chi connectivity index (χ4v) is 3.62. The zero-order chi connectivity index (χ0) is 13.7. The monoisotopic (exact) mass is 267 g/mol. The quantitative estimate of drug-likeness (QED) is 0.835. The van der Waals surface area contributed by atoms with Crippen LogP contribution in [0.4, 0.5) is 0 Å². The molecule has 0 radical (unpaired) electrons. The predicted octanol–water partition coefficient (Wildman–Crippen LogP) is 2.81. The van der Waals surface area contributed by atoms with E-state index in [1.165, 1.54) is 22.3 Å². The topological polar surface area (TPSA) is 41.5 Å². The first-order valence-electron chi connectivity index (χ1n) is 7.04. The molecule has 2 aromatic carbocycles. The van der Waals surface area contributed by atoms with E-state index in [9.17, 15) is 5.11 Å². The minimum Gasteiger partial charge on any atom is -0.504 e. The largest absolute Gasteiger partial charge is 0.504 e. The van der Waals surface area contributed by atoms with Gasteiger partial charge in [-0.05, 0) is 47.7 Å². The van der Waals surface area contributed by atoms with Gasteiger partial charge in [-0.2, -0.15) is 0 Å². The van der Waals surface area contributed by atoms with Crippen LogP contribution in [0.3, 0.4) is 0 Å². The van der Waals surface area contributed by atoms with Gasteiger partial charge in [0.25, 0.3) is 0 Å². The lowest BCUT2D eigenvalue weighted by atomic mass is 9.77. The van der Waals surface area contributed by atoms with Gasteiger partial charge in [0, 0.05) is 11.6 Å². The van der Waals surface area contributed by atoms with Crippen LogP contribution in [0.25, 0.3) is 11.1 Å². The molecule has 20 heavy (non-hydrogen) atoms. The molecule has 1 aliphatic heterocycles. The van der Waals surface area contributed by atoms with Crippen molar-refractivity contribution >= 4 is 0 Å². The van der Waals surface area contributed by atoms with Gasteiger partial charge in [0.2, 0.25) is 0 Å². The summed E-state index contributed by atoms with van der Waals surface area (Å²) >= 11 is 0. The van der Waals surface area contributed by atoms with Gasteiger partial charge < -0.3 is 15.2 Å². The summed E-state index contributed by atoms with van der Waals surface area (Å²) in [5.74, 6) is 0.850. The summed E-state index contributed by atoms with van der Waals surface area (Å²) in [4.78, 5) is 0. The Kier molecular flexibility index (Phi) is 2.51. The molecule has 0 aromatic heterocycles. The number of benzene rings is 2. The van der Waals surface area contributed by atoms with Crippen molar-refractivity contribution in [1.82, 2.24) is 5.32 Å². The molecule has 0 fully saturated rings. The highest BCUT2D eigenvalue weighted by atomic mass is 16.5. The molecule has 3 nitrogen and oxygen atoms in total. The van der Waals surface area contributed by atoms with Crippen LogP contribution in [-0.2, 0) is 12.8 Å². The van der Waals surface area contributed by atoms with Crippen LogP contribution < -0.4 is 10.1 Å². The fourth-order valence-electron chi connectivity index (χ4n) is 3.62. The molecule has 0 bridgehead atoms. The van der Waals surface area contributed by atoms with E-state index < -0.39 is 0 Å². The Balaban J connectivity index is 2.10. The molecule has 0 amide bonds. The van der Waals surface area contributed by atoms with Crippen LogP contribution in [0, 0.1) is 0 Å². The Bertz CT molecular complexity index is 694. The minimum absolute atomic E-state index is 0.249. The molecule has 2 aromatic rings. The van der Waals surface area contributed by atoms with Gasteiger partial charge in [-0.3, -0.25) is 0 Å². The van der Waals surface area contributed by atoms with Crippen molar-refractivity contribution in [1.29, 1.82) is 0 Å². The maximum absolute atomic E-state index is 10.3. The highest BCUT2D eigenvalue weighted by molar-refractivity contribution is 5.83. The Morgan fingerprint density at radius 1 is 1.25 bits per heavy atom. The first kappa shape index (κ1) is 11.8. The summed E-state index contributed by atoms with van der Waals surface area (Å²) < 4.78 is 5.49. The summed E-state index contributed by atoms with van der Waals surface area (Å²) in [6.07, 6.45) is 1.96. The fraction of sp³-hybridized carbons (Fsp3) is 0.294. The molecule has 3 heteroatoms. The number of methoxy groups -OCH3 is 1. The number of rotatable bonds is 1. The second kappa shape index (κ2) is 4.25. The smallest absolute Gasteiger partial charge is 0.168 e. The second-order valence-electron chi connectivity index (χ2n) is 5.49. The van der Waals surface area contributed by atoms with Crippen molar-refractivity contribution < 1.29 is 9.84 Å². The highest BCUT2D eigenvalue weighted by Gasteiger charge is 2.32. The Hall–Kier alpha value is -2.00. The molecule has 0 unspecified atom stereocenters. The Morgan fingerprint density at radius 2 is 2.10 bits per heavy atom. The molecular formula is C17H17NO2. The lowest BCUT2D eigenvalue weighted by molar-refractivity contribution is 0.371. The third-order valence-corrected chi connectivity index (χ3v) is 4.43. The summed E-state index contributed by atoms with van der Waals surface area (Å²) in [7, 11) is 1.63. The van der Waals surface area contributed by atoms with Gasteiger partial charge in [0.1, 0.15) is 0 Å². The normalized spacial score (nSPS) is 19.1. The number of hydrogen-bond donors (Lipinski definition) is 2. The molecule has 1 aliphatic carbocycles. The first-order chi connectivity index (χ1) is 9.79. The van der Waals surface area contributed by atoms with Crippen LogP contribution in [0.2, 0.25) is 0 Å². The molecule has 0 saturated carbocycles. The van der Waals surface area contributed by atoms with Crippen LogP contribution in [0.1, 0.15) is 22.7 Å². The molecule has 0 spiro atoms.